The van der Waals surface area contributed by atoms with Gasteiger partial charge in [0.25, 0.3) is 0 Å². The van der Waals surface area contributed by atoms with Gasteiger partial charge in [-0.3, -0.25) is 5.32 Å². The van der Waals surface area contributed by atoms with Crippen molar-refractivity contribution in [1.82, 2.24) is 0 Å². The summed E-state index contributed by atoms with van der Waals surface area (Å²) in [7, 11) is 2.04. The Kier molecular flexibility index (Phi) is 3.46. The average Bonchev–Trinajstić information content (AvgIpc) is 3.05. The molecule has 1 amide bonds. The van der Waals surface area contributed by atoms with Crippen LogP contribution < -0.4 is 15.0 Å². The number of anilines is 2. The van der Waals surface area contributed by atoms with E-state index in [0.717, 1.165) is 18.7 Å². The summed E-state index contributed by atoms with van der Waals surface area (Å²) in [5.41, 5.74) is 2.97. The molecule has 0 spiro atoms. The van der Waals surface area contributed by atoms with Crippen molar-refractivity contribution in [3.8, 4) is 5.75 Å². The smallest absolute Gasteiger partial charge is 0.410 e. The highest BCUT2D eigenvalue weighted by Gasteiger charge is 2.50. The van der Waals surface area contributed by atoms with Gasteiger partial charge in [-0.05, 0) is 42.3 Å². The third-order valence-corrected chi connectivity index (χ3v) is 4.99. The predicted molar refractivity (Wildman–Crippen MR) is 92.6 cm³/mol. The lowest BCUT2D eigenvalue weighted by Crippen LogP contribution is -2.37. The van der Waals surface area contributed by atoms with Gasteiger partial charge < -0.3 is 14.4 Å². The minimum atomic E-state index is -0.489. The molecule has 1 saturated heterocycles. The molecular weight excluding hydrogens is 304 g/mol. The van der Waals surface area contributed by atoms with Gasteiger partial charge in [-0.25, -0.2) is 4.79 Å². The molecule has 2 atom stereocenters. The number of nitrogens with zero attached hydrogens (tertiary/aromatic N) is 1. The first-order valence-electron chi connectivity index (χ1n) is 8.11. The van der Waals surface area contributed by atoms with Crippen LogP contribution in [0.5, 0.6) is 5.75 Å². The van der Waals surface area contributed by atoms with E-state index in [1.54, 1.807) is 0 Å². The van der Waals surface area contributed by atoms with Crippen molar-refractivity contribution in [3.05, 3.63) is 54.1 Å². The molecule has 0 aromatic heterocycles. The van der Waals surface area contributed by atoms with Gasteiger partial charge in [-0.1, -0.05) is 25.1 Å². The fraction of sp³-hybridized carbons (Fsp3) is 0.316. The van der Waals surface area contributed by atoms with Gasteiger partial charge in [0, 0.05) is 23.8 Å². The van der Waals surface area contributed by atoms with Crippen molar-refractivity contribution in [1.29, 1.82) is 0 Å². The van der Waals surface area contributed by atoms with Crippen LogP contribution in [0.2, 0.25) is 0 Å². The van der Waals surface area contributed by atoms with Crippen molar-refractivity contribution >= 4 is 17.5 Å². The molecule has 4 rings (SSSR count). The minimum absolute atomic E-state index is 0.0562. The number of carbonyl (C=O) groups excluding carboxylic acids is 1. The van der Waals surface area contributed by atoms with Gasteiger partial charge in [0.1, 0.15) is 12.0 Å². The van der Waals surface area contributed by atoms with Crippen molar-refractivity contribution in [2.75, 3.05) is 23.9 Å². The van der Waals surface area contributed by atoms with E-state index in [0.29, 0.717) is 11.4 Å². The zero-order valence-electron chi connectivity index (χ0n) is 13.8. The van der Waals surface area contributed by atoms with Gasteiger partial charge >= 0.3 is 6.09 Å². The number of benzene rings is 2. The maximum absolute atomic E-state index is 12.1. The molecule has 2 aromatic rings. The number of rotatable bonds is 2. The zero-order valence-corrected chi connectivity index (χ0v) is 13.8. The molecule has 0 aliphatic carbocycles. The van der Waals surface area contributed by atoms with E-state index < -0.39 is 6.09 Å². The molecule has 2 aliphatic heterocycles. The number of ether oxygens (including phenoxy) is 2. The first-order chi connectivity index (χ1) is 11.6. The Morgan fingerprint density at radius 3 is 2.88 bits per heavy atom. The Hall–Kier alpha value is -2.53. The van der Waals surface area contributed by atoms with Crippen molar-refractivity contribution in [2.24, 2.45) is 0 Å². The average molecular weight is 324 g/mol. The van der Waals surface area contributed by atoms with Crippen molar-refractivity contribution in [3.63, 3.8) is 0 Å². The van der Waals surface area contributed by atoms with Crippen LogP contribution in [0.3, 0.4) is 0 Å². The second-order valence-electron chi connectivity index (χ2n) is 6.56. The molecule has 1 fully saturated rings. The van der Waals surface area contributed by atoms with Crippen molar-refractivity contribution in [2.45, 2.75) is 25.0 Å². The highest BCUT2D eigenvalue weighted by atomic mass is 16.6. The lowest BCUT2D eigenvalue weighted by molar-refractivity contribution is 0.0920. The molecular formula is C19H20N2O3. The Labute approximate surface area is 141 Å². The Bertz CT molecular complexity index is 777. The van der Waals surface area contributed by atoms with Crippen LogP contribution in [0.4, 0.5) is 16.2 Å². The minimum Gasteiger partial charge on any atom is -0.410 e. The summed E-state index contributed by atoms with van der Waals surface area (Å²) < 4.78 is 11.3. The topological polar surface area (TPSA) is 50.8 Å². The second kappa shape index (κ2) is 5.53. The van der Waals surface area contributed by atoms with Crippen LogP contribution in [0, 0.1) is 0 Å². The van der Waals surface area contributed by atoms with E-state index in [9.17, 15) is 4.79 Å². The van der Waals surface area contributed by atoms with E-state index >= 15 is 0 Å². The van der Waals surface area contributed by atoms with E-state index in [1.807, 2.05) is 55.6 Å². The van der Waals surface area contributed by atoms with Gasteiger partial charge in [0.2, 0.25) is 0 Å². The Morgan fingerprint density at radius 1 is 1.29 bits per heavy atom. The number of hydrogen-bond acceptors (Lipinski definition) is 4. The Morgan fingerprint density at radius 2 is 2.08 bits per heavy atom. The fourth-order valence-corrected chi connectivity index (χ4v) is 3.74. The van der Waals surface area contributed by atoms with Crippen LogP contribution in [0.1, 0.15) is 18.9 Å². The first kappa shape index (κ1) is 15.0. The van der Waals surface area contributed by atoms with Gasteiger partial charge in [-0.15, -0.1) is 0 Å². The number of para-hydroxylation sites is 1. The second-order valence-corrected chi connectivity index (χ2v) is 6.56. The highest BCUT2D eigenvalue weighted by Crippen LogP contribution is 2.51. The SMILES string of the molecule is CN1c2ccc(OC(=O)Nc3ccccc3)cc2[C@@]2(C)CCOC12. The van der Waals surface area contributed by atoms with Crippen LogP contribution in [0.15, 0.2) is 48.5 Å². The van der Waals surface area contributed by atoms with Gasteiger partial charge in [0.05, 0.1) is 6.61 Å². The number of fused-ring (bicyclic) bond motifs is 3. The Balaban J connectivity index is 1.55. The summed E-state index contributed by atoms with van der Waals surface area (Å²) in [6.45, 7) is 2.96. The largest absolute Gasteiger partial charge is 0.417 e. The predicted octanol–water partition coefficient (Wildman–Crippen LogP) is 3.75. The number of likely N-dealkylation sites (N-methyl/N-ethyl adjacent to an activating group) is 1. The number of hydrogen-bond donors (Lipinski definition) is 1. The summed E-state index contributed by atoms with van der Waals surface area (Å²) in [6, 6.07) is 15.0. The molecule has 1 unspecified atom stereocenters. The zero-order chi connectivity index (χ0) is 16.7. The molecule has 24 heavy (non-hydrogen) atoms. The molecule has 2 aromatic carbocycles. The van der Waals surface area contributed by atoms with Crippen LogP contribution in [-0.4, -0.2) is 26.0 Å². The lowest BCUT2D eigenvalue weighted by Gasteiger charge is -2.26. The molecule has 0 radical (unpaired) electrons. The van der Waals surface area contributed by atoms with E-state index in [-0.39, 0.29) is 11.6 Å². The first-order valence-corrected chi connectivity index (χ1v) is 8.11. The van der Waals surface area contributed by atoms with Crippen LogP contribution in [0.25, 0.3) is 0 Å². The molecule has 5 heteroatoms. The normalized spacial score (nSPS) is 24.4. The van der Waals surface area contributed by atoms with E-state index in [2.05, 4.69) is 17.1 Å². The monoisotopic (exact) mass is 324 g/mol. The summed E-state index contributed by atoms with van der Waals surface area (Å²) in [4.78, 5) is 14.2. The quantitative estimate of drug-likeness (QED) is 0.914. The van der Waals surface area contributed by atoms with Crippen LogP contribution in [-0.2, 0) is 10.2 Å². The molecule has 5 nitrogen and oxygen atoms in total. The van der Waals surface area contributed by atoms with Crippen molar-refractivity contribution < 1.29 is 14.3 Å². The maximum atomic E-state index is 12.1. The molecule has 0 bridgehead atoms. The van der Waals surface area contributed by atoms with Crippen LogP contribution >= 0.6 is 0 Å². The highest BCUT2D eigenvalue weighted by molar-refractivity contribution is 5.86. The number of nitrogens with one attached hydrogen (secondary N) is 1. The molecule has 124 valence electrons. The van der Waals surface area contributed by atoms with E-state index in [1.165, 1.54) is 5.56 Å². The lowest BCUT2D eigenvalue weighted by atomic mass is 9.82. The summed E-state index contributed by atoms with van der Waals surface area (Å²) in [6.07, 6.45) is 0.534. The fourth-order valence-electron chi connectivity index (χ4n) is 3.74. The summed E-state index contributed by atoms with van der Waals surface area (Å²) in [5, 5.41) is 2.73. The molecule has 2 heterocycles. The van der Waals surface area contributed by atoms with Gasteiger partial charge in [-0.2, -0.15) is 0 Å². The standard InChI is InChI=1S/C19H20N2O3/c1-19-10-11-23-17(19)21(2)16-9-8-14(12-15(16)19)24-18(22)20-13-6-4-3-5-7-13/h3-9,12,17H,10-11H2,1-2H3,(H,20,22)/t17?,19-/m1/s1. The molecule has 2 aliphatic rings. The maximum Gasteiger partial charge on any atom is 0.417 e. The third kappa shape index (κ3) is 2.32. The molecule has 1 N–H and O–H groups in total. The molecule has 0 saturated carbocycles. The van der Waals surface area contributed by atoms with E-state index in [4.69, 9.17) is 9.47 Å². The number of amides is 1. The van der Waals surface area contributed by atoms with Gasteiger partial charge in [0.15, 0.2) is 0 Å². The summed E-state index contributed by atoms with van der Waals surface area (Å²) >= 11 is 0. The summed E-state index contributed by atoms with van der Waals surface area (Å²) in [5.74, 6) is 0.546. The third-order valence-electron chi connectivity index (χ3n) is 4.99. The number of carbonyl (C=O) groups is 1.